The van der Waals surface area contributed by atoms with Crippen molar-refractivity contribution in [3.05, 3.63) is 84.1 Å². The highest BCUT2D eigenvalue weighted by molar-refractivity contribution is 6.02. The lowest BCUT2D eigenvalue weighted by atomic mass is 9.91. The standard InChI is InChI=1S/C23H21N5O/c24-16-19(17-8-3-1-4-9-17)21-12-7-15-28(21)22-14-13-20(26-27-22)23(29)25-18-10-5-2-6-11-18/h1-6,8-11,13-14,19,21H,7,12,15H2,(H,25,29). The minimum atomic E-state index is -0.299. The molecule has 2 aromatic carbocycles. The predicted octanol–water partition coefficient (Wildman–Crippen LogP) is 4.01. The number of nitrogens with one attached hydrogen (secondary N) is 1. The number of benzene rings is 2. The third kappa shape index (κ3) is 4.09. The molecule has 2 unspecified atom stereocenters. The summed E-state index contributed by atoms with van der Waals surface area (Å²) in [5, 5.41) is 21.0. The third-order valence-electron chi connectivity index (χ3n) is 5.19. The minimum Gasteiger partial charge on any atom is -0.350 e. The van der Waals surface area contributed by atoms with Gasteiger partial charge in [0.15, 0.2) is 11.5 Å². The van der Waals surface area contributed by atoms with Crippen LogP contribution in [-0.4, -0.2) is 28.7 Å². The van der Waals surface area contributed by atoms with Crippen LogP contribution >= 0.6 is 0 Å². The van der Waals surface area contributed by atoms with Crippen LogP contribution < -0.4 is 10.2 Å². The van der Waals surface area contributed by atoms with Crippen LogP contribution in [0.3, 0.4) is 0 Å². The number of amides is 1. The number of hydrogen-bond acceptors (Lipinski definition) is 5. The zero-order chi connectivity index (χ0) is 20.1. The van der Waals surface area contributed by atoms with E-state index in [0.717, 1.165) is 24.9 Å². The first-order valence-electron chi connectivity index (χ1n) is 9.67. The first-order valence-corrected chi connectivity index (χ1v) is 9.67. The van der Waals surface area contributed by atoms with Gasteiger partial charge in [0.1, 0.15) is 0 Å². The molecule has 0 radical (unpaired) electrons. The fraction of sp³-hybridized carbons (Fsp3) is 0.217. The van der Waals surface area contributed by atoms with E-state index in [1.807, 2.05) is 66.7 Å². The second-order valence-electron chi connectivity index (χ2n) is 7.02. The molecule has 3 aromatic rings. The summed E-state index contributed by atoms with van der Waals surface area (Å²) < 4.78 is 0. The van der Waals surface area contributed by atoms with E-state index in [1.165, 1.54) is 0 Å². The molecule has 1 amide bonds. The van der Waals surface area contributed by atoms with E-state index in [2.05, 4.69) is 26.5 Å². The van der Waals surface area contributed by atoms with E-state index in [1.54, 1.807) is 6.07 Å². The molecule has 4 rings (SSSR count). The van der Waals surface area contributed by atoms with E-state index >= 15 is 0 Å². The highest BCUT2D eigenvalue weighted by atomic mass is 16.1. The Morgan fingerprint density at radius 2 is 1.76 bits per heavy atom. The molecule has 1 fully saturated rings. The molecule has 2 atom stereocenters. The molecule has 2 heterocycles. The van der Waals surface area contributed by atoms with Crippen molar-refractivity contribution in [3.63, 3.8) is 0 Å². The van der Waals surface area contributed by atoms with Gasteiger partial charge in [-0.15, -0.1) is 10.2 Å². The molecule has 1 N–H and O–H groups in total. The van der Waals surface area contributed by atoms with Gasteiger partial charge in [0.2, 0.25) is 0 Å². The van der Waals surface area contributed by atoms with E-state index < -0.39 is 0 Å². The number of nitrogens with zero attached hydrogens (tertiary/aromatic N) is 4. The molecule has 0 saturated carbocycles. The number of carbonyl (C=O) groups excluding carboxylic acids is 1. The molecule has 144 valence electrons. The Morgan fingerprint density at radius 3 is 2.41 bits per heavy atom. The summed E-state index contributed by atoms with van der Waals surface area (Å²) in [4.78, 5) is 14.5. The van der Waals surface area contributed by atoms with E-state index in [9.17, 15) is 10.1 Å². The van der Waals surface area contributed by atoms with Crippen molar-refractivity contribution in [2.24, 2.45) is 0 Å². The van der Waals surface area contributed by atoms with Gasteiger partial charge < -0.3 is 10.2 Å². The summed E-state index contributed by atoms with van der Waals surface area (Å²) in [6.45, 7) is 0.819. The summed E-state index contributed by atoms with van der Waals surface area (Å²) in [6.07, 6.45) is 1.92. The first kappa shape index (κ1) is 18.6. The van der Waals surface area contributed by atoms with Crippen molar-refractivity contribution >= 4 is 17.4 Å². The van der Waals surface area contributed by atoms with Crippen LogP contribution in [0.25, 0.3) is 0 Å². The smallest absolute Gasteiger partial charge is 0.276 e. The lowest BCUT2D eigenvalue weighted by Gasteiger charge is -2.29. The van der Waals surface area contributed by atoms with Gasteiger partial charge in [-0.1, -0.05) is 48.5 Å². The zero-order valence-corrected chi connectivity index (χ0v) is 15.9. The molecule has 1 aliphatic heterocycles. The Labute approximate surface area is 169 Å². The molecule has 0 spiro atoms. The van der Waals surface area contributed by atoms with Gasteiger partial charge in [-0.25, -0.2) is 0 Å². The van der Waals surface area contributed by atoms with Gasteiger partial charge >= 0.3 is 0 Å². The fourth-order valence-corrected chi connectivity index (χ4v) is 3.78. The Hall–Kier alpha value is -3.72. The minimum absolute atomic E-state index is 0.0423. The highest BCUT2D eigenvalue weighted by Gasteiger charge is 2.33. The van der Waals surface area contributed by atoms with Crippen LogP contribution in [0, 0.1) is 11.3 Å². The normalized spacial score (nSPS) is 16.8. The average Bonchev–Trinajstić information content (AvgIpc) is 3.25. The zero-order valence-electron chi connectivity index (χ0n) is 15.9. The van der Waals surface area contributed by atoms with Gasteiger partial charge in [0, 0.05) is 12.2 Å². The maximum absolute atomic E-state index is 12.4. The second-order valence-corrected chi connectivity index (χ2v) is 7.02. The molecule has 6 nitrogen and oxygen atoms in total. The third-order valence-corrected chi connectivity index (χ3v) is 5.19. The first-order chi connectivity index (χ1) is 14.3. The molecular formula is C23H21N5O. The van der Waals surface area contributed by atoms with Crippen LogP contribution in [0.2, 0.25) is 0 Å². The number of carbonyl (C=O) groups is 1. The predicted molar refractivity (Wildman–Crippen MR) is 112 cm³/mol. The van der Waals surface area contributed by atoms with Crippen molar-refractivity contribution in [2.75, 3.05) is 16.8 Å². The summed E-state index contributed by atoms with van der Waals surface area (Å²) in [5.74, 6) is 0.161. The van der Waals surface area contributed by atoms with Crippen LogP contribution in [0.1, 0.15) is 34.8 Å². The summed E-state index contributed by atoms with van der Waals surface area (Å²) in [5.41, 5.74) is 1.98. The van der Waals surface area contributed by atoms with Crippen LogP contribution in [0.15, 0.2) is 72.8 Å². The monoisotopic (exact) mass is 383 g/mol. The van der Waals surface area contributed by atoms with Gasteiger partial charge in [-0.05, 0) is 42.7 Å². The van der Waals surface area contributed by atoms with Crippen LogP contribution in [0.5, 0.6) is 0 Å². The molecule has 1 aliphatic rings. The summed E-state index contributed by atoms with van der Waals surface area (Å²) >= 11 is 0. The quantitative estimate of drug-likeness (QED) is 0.720. The molecular weight excluding hydrogens is 362 g/mol. The topological polar surface area (TPSA) is 81.9 Å². The fourth-order valence-electron chi connectivity index (χ4n) is 3.78. The number of anilines is 2. The van der Waals surface area contributed by atoms with Crippen LogP contribution in [0.4, 0.5) is 11.5 Å². The number of hydrogen-bond donors (Lipinski definition) is 1. The largest absolute Gasteiger partial charge is 0.350 e. The van der Waals surface area contributed by atoms with Gasteiger partial charge in [0.25, 0.3) is 5.91 Å². The van der Waals surface area contributed by atoms with Gasteiger partial charge in [-0.3, -0.25) is 4.79 Å². The Morgan fingerprint density at radius 1 is 1.03 bits per heavy atom. The van der Waals surface area contributed by atoms with Crippen molar-refractivity contribution in [1.29, 1.82) is 5.26 Å². The number of aromatic nitrogens is 2. The number of nitriles is 1. The van der Waals surface area contributed by atoms with E-state index in [4.69, 9.17) is 0 Å². The maximum atomic E-state index is 12.4. The molecule has 0 bridgehead atoms. The molecule has 0 aliphatic carbocycles. The molecule has 1 aromatic heterocycles. The van der Waals surface area contributed by atoms with E-state index in [0.29, 0.717) is 11.5 Å². The van der Waals surface area contributed by atoms with Crippen molar-refractivity contribution in [3.8, 4) is 6.07 Å². The second kappa shape index (κ2) is 8.53. The van der Waals surface area contributed by atoms with Gasteiger partial charge in [-0.2, -0.15) is 5.26 Å². The average molecular weight is 383 g/mol. The molecule has 6 heteroatoms. The molecule has 1 saturated heterocycles. The van der Waals surface area contributed by atoms with Crippen molar-refractivity contribution < 1.29 is 4.79 Å². The van der Waals surface area contributed by atoms with Crippen molar-refractivity contribution in [1.82, 2.24) is 10.2 Å². The highest BCUT2D eigenvalue weighted by Crippen LogP contribution is 2.33. The number of para-hydroxylation sites is 1. The van der Waals surface area contributed by atoms with Crippen LogP contribution in [-0.2, 0) is 0 Å². The lowest BCUT2D eigenvalue weighted by molar-refractivity contribution is 0.102. The summed E-state index contributed by atoms with van der Waals surface area (Å²) in [7, 11) is 0. The maximum Gasteiger partial charge on any atom is 0.276 e. The molecule has 29 heavy (non-hydrogen) atoms. The summed E-state index contributed by atoms with van der Waals surface area (Å²) in [6, 6.07) is 25.1. The van der Waals surface area contributed by atoms with Gasteiger partial charge in [0.05, 0.1) is 18.0 Å². The number of rotatable bonds is 5. The lowest BCUT2D eigenvalue weighted by Crippen LogP contribution is -2.35. The van der Waals surface area contributed by atoms with E-state index in [-0.39, 0.29) is 23.6 Å². The Bertz CT molecular complexity index is 999. The Balaban J connectivity index is 1.50. The SMILES string of the molecule is N#CC(c1ccccc1)C1CCCN1c1ccc(C(=O)Nc2ccccc2)nn1. The van der Waals surface area contributed by atoms with Crippen molar-refractivity contribution in [2.45, 2.75) is 24.8 Å². The Kier molecular flexibility index (Phi) is 5.48.